The molecule has 0 atom stereocenters. The number of rotatable bonds is 2. The van der Waals surface area contributed by atoms with E-state index in [2.05, 4.69) is 31.0 Å². The van der Waals surface area contributed by atoms with E-state index in [9.17, 15) is 0 Å². The third-order valence-corrected chi connectivity index (χ3v) is 3.53. The summed E-state index contributed by atoms with van der Waals surface area (Å²) in [6.45, 7) is 4.34. The summed E-state index contributed by atoms with van der Waals surface area (Å²) in [5.41, 5.74) is 16.2. The van der Waals surface area contributed by atoms with Gasteiger partial charge in [0.1, 0.15) is 5.69 Å². The molecule has 0 saturated heterocycles. The number of hydrogen-bond donors (Lipinski definition) is 2. The average molecular weight is 267 g/mol. The first-order valence-electron chi connectivity index (χ1n) is 6.59. The van der Waals surface area contributed by atoms with Crippen molar-refractivity contribution in [2.75, 3.05) is 11.5 Å². The van der Waals surface area contributed by atoms with E-state index in [0.29, 0.717) is 17.2 Å². The number of nitrogen functional groups attached to an aromatic ring is 2. The van der Waals surface area contributed by atoms with Gasteiger partial charge >= 0.3 is 0 Å². The van der Waals surface area contributed by atoms with Gasteiger partial charge in [-0.2, -0.15) is 0 Å². The van der Waals surface area contributed by atoms with Crippen molar-refractivity contribution < 1.29 is 4.42 Å². The molecule has 0 unspecified atom stereocenters. The monoisotopic (exact) mass is 267 g/mol. The Morgan fingerprint density at radius 1 is 1.15 bits per heavy atom. The number of benzene rings is 1. The van der Waals surface area contributed by atoms with Crippen LogP contribution >= 0.6 is 0 Å². The van der Waals surface area contributed by atoms with E-state index in [1.165, 1.54) is 5.56 Å². The molecule has 4 nitrogen and oxygen atoms in total. The highest BCUT2D eigenvalue weighted by atomic mass is 16.3. The Morgan fingerprint density at radius 3 is 2.70 bits per heavy atom. The van der Waals surface area contributed by atoms with Crippen LogP contribution in [0, 0.1) is 0 Å². The van der Waals surface area contributed by atoms with Crippen LogP contribution in [0.3, 0.4) is 0 Å². The maximum Gasteiger partial charge on any atom is 0.214 e. The summed E-state index contributed by atoms with van der Waals surface area (Å²) in [6.07, 6.45) is 3.44. The van der Waals surface area contributed by atoms with Crippen LogP contribution in [0.2, 0.25) is 0 Å². The molecule has 20 heavy (non-hydrogen) atoms. The normalized spacial score (nSPS) is 11.3. The molecule has 0 aliphatic heterocycles. The van der Waals surface area contributed by atoms with Gasteiger partial charge in [0.15, 0.2) is 5.58 Å². The van der Waals surface area contributed by atoms with E-state index in [-0.39, 0.29) is 5.88 Å². The number of nitrogens with two attached hydrogens (primary N) is 2. The van der Waals surface area contributed by atoms with Gasteiger partial charge < -0.3 is 15.9 Å². The summed E-state index contributed by atoms with van der Waals surface area (Å²) in [5.74, 6) is 0.711. The highest BCUT2D eigenvalue weighted by molar-refractivity contribution is 6.04. The minimum atomic E-state index is 0.245. The Morgan fingerprint density at radius 2 is 1.95 bits per heavy atom. The van der Waals surface area contributed by atoms with Gasteiger partial charge in [-0.15, -0.1) is 0 Å². The van der Waals surface area contributed by atoms with Crippen molar-refractivity contribution in [1.82, 2.24) is 4.98 Å². The topological polar surface area (TPSA) is 78.1 Å². The molecular formula is C16H17N3O. The van der Waals surface area contributed by atoms with Crippen LogP contribution in [0.4, 0.5) is 11.6 Å². The van der Waals surface area contributed by atoms with Gasteiger partial charge in [-0.1, -0.05) is 38.1 Å². The molecule has 0 amide bonds. The zero-order chi connectivity index (χ0) is 14.3. The molecule has 4 heteroatoms. The quantitative estimate of drug-likeness (QED) is 0.740. The fourth-order valence-electron chi connectivity index (χ4n) is 2.38. The van der Waals surface area contributed by atoms with Crippen molar-refractivity contribution >= 4 is 22.5 Å². The molecule has 4 N–H and O–H groups in total. The molecule has 0 saturated carbocycles. The van der Waals surface area contributed by atoms with Gasteiger partial charge in [0.2, 0.25) is 5.88 Å². The SMILES string of the molecule is CC(C)c1cccc(-c2cncc3oc(N)c(N)c23)c1. The fourth-order valence-corrected chi connectivity index (χ4v) is 2.38. The fraction of sp³-hybridized carbons (Fsp3) is 0.188. The zero-order valence-corrected chi connectivity index (χ0v) is 11.6. The van der Waals surface area contributed by atoms with Crippen LogP contribution < -0.4 is 11.5 Å². The zero-order valence-electron chi connectivity index (χ0n) is 11.6. The summed E-state index contributed by atoms with van der Waals surface area (Å²) in [7, 11) is 0. The third-order valence-electron chi connectivity index (χ3n) is 3.53. The maximum atomic E-state index is 6.03. The molecule has 0 aliphatic rings. The van der Waals surface area contributed by atoms with E-state index < -0.39 is 0 Å². The number of anilines is 2. The van der Waals surface area contributed by atoms with Gasteiger partial charge in [-0.25, -0.2) is 0 Å². The summed E-state index contributed by atoms with van der Waals surface area (Å²) < 4.78 is 5.43. The molecule has 102 valence electrons. The summed E-state index contributed by atoms with van der Waals surface area (Å²) in [6, 6.07) is 8.37. The highest BCUT2D eigenvalue weighted by Crippen LogP contribution is 2.37. The number of hydrogen-bond acceptors (Lipinski definition) is 4. The van der Waals surface area contributed by atoms with Gasteiger partial charge in [0, 0.05) is 11.8 Å². The Balaban J connectivity index is 2.27. The predicted octanol–water partition coefficient (Wildman–Crippen LogP) is 3.78. The first-order chi connectivity index (χ1) is 9.58. The van der Waals surface area contributed by atoms with Crippen molar-refractivity contribution in [2.24, 2.45) is 0 Å². The molecule has 1 aromatic carbocycles. The second kappa shape index (κ2) is 4.56. The van der Waals surface area contributed by atoms with Crippen molar-refractivity contribution in [1.29, 1.82) is 0 Å². The molecule has 0 spiro atoms. The molecule has 3 aromatic rings. The van der Waals surface area contributed by atoms with E-state index >= 15 is 0 Å². The second-order valence-corrected chi connectivity index (χ2v) is 5.22. The van der Waals surface area contributed by atoms with E-state index in [1.54, 1.807) is 12.4 Å². The van der Waals surface area contributed by atoms with Crippen LogP contribution in [-0.4, -0.2) is 4.98 Å². The number of nitrogens with zero attached hydrogens (tertiary/aromatic N) is 1. The number of fused-ring (bicyclic) bond motifs is 1. The van der Waals surface area contributed by atoms with Crippen molar-refractivity contribution in [2.45, 2.75) is 19.8 Å². The molecule has 2 aromatic heterocycles. The number of aromatic nitrogens is 1. The highest BCUT2D eigenvalue weighted by Gasteiger charge is 2.14. The largest absolute Gasteiger partial charge is 0.437 e. The Labute approximate surface area is 117 Å². The van der Waals surface area contributed by atoms with Crippen LogP contribution in [0.1, 0.15) is 25.3 Å². The standard InChI is InChI=1S/C16H17N3O/c1-9(2)10-4-3-5-11(6-10)12-7-19-8-13-14(12)15(17)16(18)20-13/h3-9H,17-18H2,1-2H3. The lowest BCUT2D eigenvalue weighted by Gasteiger charge is -2.09. The Kier molecular flexibility index (Phi) is 2.86. The summed E-state index contributed by atoms with van der Waals surface area (Å²) in [5, 5.41) is 0.832. The summed E-state index contributed by atoms with van der Waals surface area (Å²) >= 11 is 0. The molecule has 3 rings (SSSR count). The molecule has 0 radical (unpaired) electrons. The second-order valence-electron chi connectivity index (χ2n) is 5.22. The van der Waals surface area contributed by atoms with Gasteiger partial charge in [-0.3, -0.25) is 4.98 Å². The maximum absolute atomic E-state index is 6.03. The Bertz CT molecular complexity index is 774. The smallest absolute Gasteiger partial charge is 0.214 e. The van der Waals surface area contributed by atoms with Crippen molar-refractivity contribution in [3.05, 3.63) is 42.2 Å². The molecular weight excluding hydrogens is 250 g/mol. The van der Waals surface area contributed by atoms with E-state index in [0.717, 1.165) is 16.5 Å². The minimum absolute atomic E-state index is 0.245. The van der Waals surface area contributed by atoms with Crippen molar-refractivity contribution in [3.8, 4) is 11.1 Å². The van der Waals surface area contributed by atoms with E-state index in [1.807, 2.05) is 12.1 Å². The average Bonchev–Trinajstić information content (AvgIpc) is 2.74. The molecule has 0 fully saturated rings. The molecule has 0 bridgehead atoms. The lowest BCUT2D eigenvalue weighted by atomic mass is 9.96. The van der Waals surface area contributed by atoms with Crippen LogP contribution in [-0.2, 0) is 0 Å². The molecule has 2 heterocycles. The van der Waals surface area contributed by atoms with Crippen molar-refractivity contribution in [3.63, 3.8) is 0 Å². The van der Waals surface area contributed by atoms with Crippen LogP contribution in [0.15, 0.2) is 41.1 Å². The lowest BCUT2D eigenvalue weighted by Crippen LogP contribution is -1.92. The van der Waals surface area contributed by atoms with Crippen LogP contribution in [0.25, 0.3) is 22.1 Å². The first kappa shape index (κ1) is 12.5. The number of furan rings is 1. The molecule has 0 aliphatic carbocycles. The van der Waals surface area contributed by atoms with Gasteiger partial charge in [0.05, 0.1) is 11.6 Å². The Hall–Kier alpha value is -2.49. The first-order valence-corrected chi connectivity index (χ1v) is 6.59. The lowest BCUT2D eigenvalue weighted by molar-refractivity contribution is 0.637. The number of pyridine rings is 1. The minimum Gasteiger partial charge on any atom is -0.437 e. The third kappa shape index (κ3) is 1.90. The van der Waals surface area contributed by atoms with Crippen LogP contribution in [0.5, 0.6) is 0 Å². The van der Waals surface area contributed by atoms with Gasteiger partial charge in [-0.05, 0) is 17.0 Å². The van der Waals surface area contributed by atoms with Gasteiger partial charge in [0.25, 0.3) is 0 Å². The van der Waals surface area contributed by atoms with E-state index in [4.69, 9.17) is 15.9 Å². The predicted molar refractivity (Wildman–Crippen MR) is 82.4 cm³/mol. The summed E-state index contributed by atoms with van der Waals surface area (Å²) in [4.78, 5) is 4.21.